The van der Waals surface area contributed by atoms with E-state index in [1.165, 1.54) is 12.1 Å². The number of hydrogen-bond acceptors (Lipinski definition) is 3. The smallest absolute Gasteiger partial charge is 0.124 e. The zero-order valence-corrected chi connectivity index (χ0v) is 11.2. The van der Waals surface area contributed by atoms with Crippen LogP contribution in [0.5, 0.6) is 0 Å². The van der Waals surface area contributed by atoms with Crippen LogP contribution in [-0.2, 0) is 11.3 Å². The lowest BCUT2D eigenvalue weighted by Crippen LogP contribution is -2.29. The van der Waals surface area contributed by atoms with E-state index >= 15 is 0 Å². The lowest BCUT2D eigenvalue weighted by molar-refractivity contribution is 0.0549. The van der Waals surface area contributed by atoms with Gasteiger partial charge in [0.15, 0.2) is 0 Å². The Morgan fingerprint density at radius 2 is 2.11 bits per heavy atom. The van der Waals surface area contributed by atoms with Gasteiger partial charge in [-0.15, -0.1) is 0 Å². The van der Waals surface area contributed by atoms with Crippen molar-refractivity contribution in [1.29, 1.82) is 5.26 Å². The maximum atomic E-state index is 13.3. The molecule has 0 aliphatic carbocycles. The van der Waals surface area contributed by atoms with Gasteiger partial charge in [-0.3, -0.25) is 0 Å². The van der Waals surface area contributed by atoms with Crippen LogP contribution in [-0.4, -0.2) is 31.7 Å². The van der Waals surface area contributed by atoms with Crippen molar-refractivity contribution < 1.29 is 9.13 Å². The van der Waals surface area contributed by atoms with Crippen molar-refractivity contribution in [3.8, 4) is 6.07 Å². The van der Waals surface area contributed by atoms with E-state index in [0.29, 0.717) is 18.0 Å². The van der Waals surface area contributed by atoms with Crippen LogP contribution < -0.4 is 0 Å². The molecule has 0 spiro atoms. The molecule has 0 radical (unpaired) electrons. The summed E-state index contributed by atoms with van der Waals surface area (Å²) in [5.74, 6) is 0.316. The second-order valence-electron chi connectivity index (χ2n) is 5.21. The van der Waals surface area contributed by atoms with Crippen LogP contribution in [0.4, 0.5) is 4.39 Å². The third-order valence-corrected chi connectivity index (χ3v) is 3.45. The molecule has 0 bridgehead atoms. The second kappa shape index (κ2) is 6.65. The molecule has 0 N–H and O–H groups in total. The predicted molar refractivity (Wildman–Crippen MR) is 71.0 cm³/mol. The van der Waals surface area contributed by atoms with Gasteiger partial charge in [0.25, 0.3) is 0 Å². The van der Waals surface area contributed by atoms with Crippen LogP contribution in [0.3, 0.4) is 0 Å². The molecule has 1 aromatic rings. The molecular formula is C15H19FN2O. The van der Waals surface area contributed by atoms with E-state index in [1.807, 2.05) is 13.1 Å². The normalized spacial score (nSPS) is 16.5. The summed E-state index contributed by atoms with van der Waals surface area (Å²) in [6.07, 6.45) is 2.19. The van der Waals surface area contributed by atoms with Crippen LogP contribution in [0, 0.1) is 23.1 Å². The molecular weight excluding hydrogens is 243 g/mol. The van der Waals surface area contributed by atoms with Gasteiger partial charge in [-0.05, 0) is 49.6 Å². The molecule has 1 heterocycles. The number of rotatable bonds is 4. The molecule has 0 saturated carbocycles. The highest BCUT2D eigenvalue weighted by Gasteiger charge is 2.16. The van der Waals surface area contributed by atoms with Gasteiger partial charge in [0.2, 0.25) is 0 Å². The first-order valence-electron chi connectivity index (χ1n) is 6.63. The number of ether oxygens (including phenoxy) is 1. The molecule has 0 atom stereocenters. The summed E-state index contributed by atoms with van der Waals surface area (Å²) in [5.41, 5.74) is 1.24. The number of benzene rings is 1. The summed E-state index contributed by atoms with van der Waals surface area (Å²) in [6, 6.07) is 6.51. The maximum Gasteiger partial charge on any atom is 0.124 e. The Bertz CT molecular complexity index is 464. The minimum atomic E-state index is -0.339. The molecule has 1 saturated heterocycles. The molecule has 102 valence electrons. The molecule has 0 unspecified atom stereocenters. The fourth-order valence-corrected chi connectivity index (χ4v) is 2.55. The van der Waals surface area contributed by atoms with Crippen molar-refractivity contribution in [2.24, 2.45) is 5.92 Å². The van der Waals surface area contributed by atoms with E-state index in [9.17, 15) is 4.39 Å². The van der Waals surface area contributed by atoms with Crippen molar-refractivity contribution in [3.05, 3.63) is 35.1 Å². The van der Waals surface area contributed by atoms with Gasteiger partial charge in [0, 0.05) is 26.3 Å². The van der Waals surface area contributed by atoms with Crippen LogP contribution in [0.15, 0.2) is 18.2 Å². The predicted octanol–water partition coefficient (Wildman–Crippen LogP) is 2.56. The number of nitrogens with zero attached hydrogens (tertiary/aromatic N) is 2. The summed E-state index contributed by atoms with van der Waals surface area (Å²) < 4.78 is 18.7. The standard InChI is InChI=1S/C15H19FN2O/c1-18(10-12-2-4-19-5-3-12)11-14-6-13(9-17)7-15(16)8-14/h6-8,12H,2-5,10-11H2,1H3. The Balaban J connectivity index is 1.92. The van der Waals surface area contributed by atoms with Gasteiger partial charge in [0.1, 0.15) is 5.82 Å². The van der Waals surface area contributed by atoms with E-state index in [-0.39, 0.29) is 5.82 Å². The van der Waals surface area contributed by atoms with Crippen molar-refractivity contribution in [1.82, 2.24) is 4.90 Å². The Kier molecular flexibility index (Phi) is 4.89. The van der Waals surface area contributed by atoms with Crippen LogP contribution >= 0.6 is 0 Å². The number of hydrogen-bond donors (Lipinski definition) is 0. The Labute approximate surface area is 113 Å². The largest absolute Gasteiger partial charge is 0.381 e. The molecule has 0 amide bonds. The first-order chi connectivity index (χ1) is 9.17. The van der Waals surface area contributed by atoms with Crippen molar-refractivity contribution in [2.45, 2.75) is 19.4 Å². The van der Waals surface area contributed by atoms with E-state index in [4.69, 9.17) is 10.00 Å². The average molecular weight is 262 g/mol. The van der Waals surface area contributed by atoms with Crippen molar-refractivity contribution in [3.63, 3.8) is 0 Å². The fourth-order valence-electron chi connectivity index (χ4n) is 2.55. The van der Waals surface area contributed by atoms with Crippen LogP contribution in [0.25, 0.3) is 0 Å². The second-order valence-corrected chi connectivity index (χ2v) is 5.21. The Hall–Kier alpha value is -1.44. The monoisotopic (exact) mass is 262 g/mol. The molecule has 0 aromatic heterocycles. The SMILES string of the molecule is CN(Cc1cc(F)cc(C#N)c1)CC1CCOCC1. The summed E-state index contributed by atoms with van der Waals surface area (Å²) in [7, 11) is 2.03. The summed E-state index contributed by atoms with van der Waals surface area (Å²) in [4.78, 5) is 2.19. The highest BCUT2D eigenvalue weighted by Crippen LogP contribution is 2.17. The molecule has 1 aliphatic rings. The van der Waals surface area contributed by atoms with Gasteiger partial charge in [0.05, 0.1) is 11.6 Å². The minimum absolute atomic E-state index is 0.339. The van der Waals surface area contributed by atoms with Crippen LogP contribution in [0.1, 0.15) is 24.0 Å². The van der Waals surface area contributed by atoms with E-state index in [0.717, 1.165) is 38.2 Å². The quantitative estimate of drug-likeness (QED) is 0.836. The minimum Gasteiger partial charge on any atom is -0.381 e. The molecule has 4 heteroatoms. The number of halogens is 1. The molecule has 1 fully saturated rings. The molecule has 2 rings (SSSR count). The summed E-state index contributed by atoms with van der Waals surface area (Å²) in [5, 5.41) is 8.84. The molecule has 19 heavy (non-hydrogen) atoms. The topological polar surface area (TPSA) is 36.3 Å². The van der Waals surface area contributed by atoms with Gasteiger partial charge >= 0.3 is 0 Å². The van der Waals surface area contributed by atoms with Crippen molar-refractivity contribution in [2.75, 3.05) is 26.8 Å². The lowest BCUT2D eigenvalue weighted by atomic mass is 9.99. The van der Waals surface area contributed by atoms with Crippen molar-refractivity contribution >= 4 is 0 Å². The van der Waals surface area contributed by atoms with Gasteiger partial charge < -0.3 is 9.64 Å². The van der Waals surface area contributed by atoms with Crippen LogP contribution in [0.2, 0.25) is 0 Å². The van der Waals surface area contributed by atoms with E-state index in [2.05, 4.69) is 4.90 Å². The Morgan fingerprint density at radius 1 is 1.37 bits per heavy atom. The highest BCUT2D eigenvalue weighted by molar-refractivity contribution is 5.33. The van der Waals surface area contributed by atoms with E-state index < -0.39 is 0 Å². The first kappa shape index (κ1) is 14.0. The summed E-state index contributed by atoms with van der Waals surface area (Å²) in [6.45, 7) is 3.35. The zero-order valence-electron chi connectivity index (χ0n) is 11.2. The first-order valence-corrected chi connectivity index (χ1v) is 6.63. The zero-order chi connectivity index (χ0) is 13.7. The third-order valence-electron chi connectivity index (χ3n) is 3.45. The highest BCUT2D eigenvalue weighted by atomic mass is 19.1. The Morgan fingerprint density at radius 3 is 2.79 bits per heavy atom. The number of nitriles is 1. The lowest BCUT2D eigenvalue weighted by Gasteiger charge is -2.27. The molecule has 1 aliphatic heterocycles. The van der Waals surface area contributed by atoms with Gasteiger partial charge in [-0.2, -0.15) is 5.26 Å². The van der Waals surface area contributed by atoms with E-state index in [1.54, 1.807) is 6.07 Å². The molecule has 3 nitrogen and oxygen atoms in total. The average Bonchev–Trinajstić information content (AvgIpc) is 2.38. The summed E-state index contributed by atoms with van der Waals surface area (Å²) >= 11 is 0. The van der Waals surface area contributed by atoms with Gasteiger partial charge in [-0.25, -0.2) is 4.39 Å². The van der Waals surface area contributed by atoms with Gasteiger partial charge in [-0.1, -0.05) is 0 Å². The maximum absolute atomic E-state index is 13.3. The third kappa shape index (κ3) is 4.30. The fraction of sp³-hybridized carbons (Fsp3) is 0.533. The molecule has 1 aromatic carbocycles.